The highest BCUT2D eigenvalue weighted by Crippen LogP contribution is 2.31. The summed E-state index contributed by atoms with van der Waals surface area (Å²) in [5.41, 5.74) is 0. The van der Waals surface area contributed by atoms with Crippen molar-refractivity contribution in [3.05, 3.63) is 17.3 Å². The zero-order valence-electron chi connectivity index (χ0n) is 12.6. The van der Waals surface area contributed by atoms with Gasteiger partial charge >= 0.3 is 0 Å². The summed E-state index contributed by atoms with van der Waals surface area (Å²) in [4.78, 5) is 13.2. The molecule has 1 fully saturated rings. The molecule has 7 nitrogen and oxygen atoms in total. The predicted octanol–water partition coefficient (Wildman–Crippen LogP) is 0.840. The van der Waals surface area contributed by atoms with E-state index in [1.54, 1.807) is 17.7 Å². The maximum absolute atomic E-state index is 11.8. The highest BCUT2D eigenvalue weighted by atomic mass is 32.2. The molecule has 0 aromatic carbocycles. The predicted molar refractivity (Wildman–Crippen MR) is 88.6 cm³/mol. The first-order valence-electron chi connectivity index (χ1n) is 7.22. The summed E-state index contributed by atoms with van der Waals surface area (Å²) in [5, 5.41) is 1.06. The van der Waals surface area contributed by atoms with Crippen molar-refractivity contribution in [1.29, 1.82) is 0 Å². The van der Waals surface area contributed by atoms with Gasteiger partial charge in [-0.15, -0.1) is 11.3 Å². The minimum absolute atomic E-state index is 0.458. The first-order chi connectivity index (χ1) is 10.5. The van der Waals surface area contributed by atoms with Crippen molar-refractivity contribution in [2.24, 2.45) is 0 Å². The van der Waals surface area contributed by atoms with Gasteiger partial charge in [0.1, 0.15) is 17.0 Å². The Kier molecular flexibility index (Phi) is 4.31. The van der Waals surface area contributed by atoms with Gasteiger partial charge in [0.25, 0.3) is 10.2 Å². The second kappa shape index (κ2) is 6.07. The fourth-order valence-corrected chi connectivity index (χ4v) is 4.42. The van der Waals surface area contributed by atoms with E-state index in [0.29, 0.717) is 26.2 Å². The Morgan fingerprint density at radius 1 is 1.27 bits per heavy atom. The molecule has 0 saturated carbocycles. The average molecular weight is 341 g/mol. The van der Waals surface area contributed by atoms with Gasteiger partial charge in [-0.05, 0) is 12.5 Å². The van der Waals surface area contributed by atoms with Gasteiger partial charge in [-0.3, -0.25) is 0 Å². The lowest BCUT2D eigenvalue weighted by Gasteiger charge is -2.34. The molecule has 0 aliphatic carbocycles. The molecule has 0 amide bonds. The Balaban J connectivity index is 1.83. The van der Waals surface area contributed by atoms with E-state index < -0.39 is 10.2 Å². The van der Waals surface area contributed by atoms with Crippen molar-refractivity contribution >= 4 is 37.6 Å². The largest absolute Gasteiger partial charge is 0.353 e. The number of hydrogen-bond acceptors (Lipinski definition) is 6. The number of anilines is 1. The minimum Gasteiger partial charge on any atom is -0.353 e. The summed E-state index contributed by atoms with van der Waals surface area (Å²) < 4.78 is 27.5. The van der Waals surface area contributed by atoms with Gasteiger partial charge < -0.3 is 4.90 Å². The molecule has 1 aliphatic heterocycles. The molecule has 0 bridgehead atoms. The second-order valence-corrected chi connectivity index (χ2v) is 8.07. The molecule has 3 heterocycles. The van der Waals surface area contributed by atoms with Gasteiger partial charge in [0.05, 0.1) is 5.39 Å². The lowest BCUT2D eigenvalue weighted by Crippen LogP contribution is -2.51. The summed E-state index contributed by atoms with van der Waals surface area (Å²) >= 11 is 1.69. The monoisotopic (exact) mass is 341 g/mol. The molecule has 0 radical (unpaired) electrons. The molecule has 120 valence electrons. The van der Waals surface area contributed by atoms with Crippen molar-refractivity contribution in [2.75, 3.05) is 38.1 Å². The van der Waals surface area contributed by atoms with Crippen LogP contribution in [0.2, 0.25) is 0 Å². The van der Waals surface area contributed by atoms with Gasteiger partial charge in [-0.2, -0.15) is 12.7 Å². The zero-order valence-corrected chi connectivity index (χ0v) is 14.2. The van der Waals surface area contributed by atoms with Crippen molar-refractivity contribution in [1.82, 2.24) is 19.0 Å². The maximum atomic E-state index is 11.8. The molecule has 2 aromatic heterocycles. The van der Waals surface area contributed by atoms with E-state index in [2.05, 4.69) is 32.6 Å². The smallest absolute Gasteiger partial charge is 0.279 e. The third kappa shape index (κ3) is 2.81. The molecule has 1 saturated heterocycles. The lowest BCUT2D eigenvalue weighted by atomic mass is 10.2. The van der Waals surface area contributed by atoms with E-state index in [0.717, 1.165) is 22.5 Å². The van der Waals surface area contributed by atoms with Gasteiger partial charge in [0.15, 0.2) is 0 Å². The average Bonchev–Trinajstić information content (AvgIpc) is 2.98. The number of thiophene rings is 1. The van der Waals surface area contributed by atoms with Crippen LogP contribution in [0, 0.1) is 0 Å². The number of nitrogens with zero attached hydrogens (tertiary/aromatic N) is 4. The first kappa shape index (κ1) is 15.6. The molecule has 0 unspecified atom stereocenters. The Bertz CT molecular complexity index is 766. The van der Waals surface area contributed by atoms with Crippen molar-refractivity contribution in [2.45, 2.75) is 13.3 Å². The summed E-state index contributed by atoms with van der Waals surface area (Å²) in [6, 6.07) is 2.14. The van der Waals surface area contributed by atoms with E-state index in [1.807, 2.05) is 0 Å². The molecular formula is C13H19N5O2S2. The normalized spacial score (nSPS) is 17.3. The van der Waals surface area contributed by atoms with Crippen LogP contribution in [0.3, 0.4) is 0 Å². The second-order valence-electron chi connectivity index (χ2n) is 5.08. The molecule has 0 atom stereocenters. The van der Waals surface area contributed by atoms with Crippen LogP contribution in [0.5, 0.6) is 0 Å². The molecule has 22 heavy (non-hydrogen) atoms. The summed E-state index contributed by atoms with van der Waals surface area (Å²) in [7, 11) is -1.91. The van der Waals surface area contributed by atoms with Gasteiger partial charge in [-0.25, -0.2) is 14.7 Å². The van der Waals surface area contributed by atoms with E-state index in [1.165, 1.54) is 16.2 Å². The highest BCUT2D eigenvalue weighted by molar-refractivity contribution is 7.87. The van der Waals surface area contributed by atoms with Crippen LogP contribution in [-0.4, -0.2) is 55.9 Å². The molecule has 0 spiro atoms. The first-order valence-corrected chi connectivity index (χ1v) is 9.47. The van der Waals surface area contributed by atoms with Crippen LogP contribution >= 0.6 is 11.3 Å². The number of piperazine rings is 1. The third-order valence-corrected chi connectivity index (χ3v) is 6.59. The number of fused-ring (bicyclic) bond motifs is 1. The number of rotatable bonds is 4. The van der Waals surface area contributed by atoms with E-state index in [9.17, 15) is 8.42 Å². The van der Waals surface area contributed by atoms with Crippen molar-refractivity contribution in [3.8, 4) is 0 Å². The molecule has 9 heteroatoms. The Morgan fingerprint density at radius 3 is 2.64 bits per heavy atom. The molecule has 3 rings (SSSR count). The Hall–Kier alpha value is -1.29. The molecule has 1 aliphatic rings. The summed E-state index contributed by atoms with van der Waals surface area (Å²) in [6.07, 6.45) is 2.57. The molecule has 1 N–H and O–H groups in total. The van der Waals surface area contributed by atoms with Crippen molar-refractivity contribution < 1.29 is 8.42 Å². The standard InChI is InChI=1S/C13H19N5O2S2/c1-3-10-8-11-12(15-9-16-13(11)21-10)17-4-6-18(7-5-17)22(19,20)14-2/h8-9,14H,3-7H2,1-2H3. The highest BCUT2D eigenvalue weighted by Gasteiger charge is 2.27. The summed E-state index contributed by atoms with van der Waals surface area (Å²) in [5.74, 6) is 0.905. The van der Waals surface area contributed by atoms with Crippen LogP contribution in [0.4, 0.5) is 5.82 Å². The Labute approximate surface area is 134 Å². The minimum atomic E-state index is -3.34. The van der Waals surface area contributed by atoms with Crippen LogP contribution in [0.1, 0.15) is 11.8 Å². The number of aromatic nitrogens is 2. The fourth-order valence-electron chi connectivity index (χ4n) is 2.59. The van der Waals surface area contributed by atoms with E-state index >= 15 is 0 Å². The fraction of sp³-hybridized carbons (Fsp3) is 0.538. The molecule has 2 aromatic rings. The quantitative estimate of drug-likeness (QED) is 0.891. The topological polar surface area (TPSA) is 78.4 Å². The van der Waals surface area contributed by atoms with E-state index in [-0.39, 0.29) is 0 Å². The summed E-state index contributed by atoms with van der Waals surface area (Å²) in [6.45, 7) is 4.30. The number of aryl methyl sites for hydroxylation is 1. The van der Waals surface area contributed by atoms with Crippen LogP contribution in [-0.2, 0) is 16.6 Å². The third-order valence-electron chi connectivity index (χ3n) is 3.84. The van der Waals surface area contributed by atoms with Crippen LogP contribution in [0.15, 0.2) is 12.4 Å². The zero-order chi connectivity index (χ0) is 15.7. The maximum Gasteiger partial charge on any atom is 0.279 e. The van der Waals surface area contributed by atoms with E-state index in [4.69, 9.17) is 0 Å². The number of hydrogen-bond donors (Lipinski definition) is 1. The van der Waals surface area contributed by atoms with Crippen molar-refractivity contribution in [3.63, 3.8) is 0 Å². The SMILES string of the molecule is CCc1cc2c(N3CCN(S(=O)(=O)NC)CC3)ncnc2s1. The van der Waals surface area contributed by atoms with Gasteiger partial charge in [-0.1, -0.05) is 6.92 Å². The van der Waals surface area contributed by atoms with Crippen LogP contribution < -0.4 is 9.62 Å². The van der Waals surface area contributed by atoms with Gasteiger partial charge in [0.2, 0.25) is 0 Å². The van der Waals surface area contributed by atoms with Gasteiger partial charge in [0, 0.05) is 38.1 Å². The van der Waals surface area contributed by atoms with Crippen LogP contribution in [0.25, 0.3) is 10.2 Å². The number of nitrogens with one attached hydrogen (secondary N) is 1. The Morgan fingerprint density at radius 2 is 2.00 bits per heavy atom. The molecular weight excluding hydrogens is 322 g/mol. The lowest BCUT2D eigenvalue weighted by molar-refractivity contribution is 0.380.